The normalized spacial score (nSPS) is 13.5. The van der Waals surface area contributed by atoms with Crippen molar-refractivity contribution >= 4 is 23.5 Å². The lowest BCUT2D eigenvalue weighted by Crippen LogP contribution is -2.50. The number of aromatic nitrogens is 2. The molecular formula is C25H28N4O5S. The van der Waals surface area contributed by atoms with Crippen molar-refractivity contribution in [3.63, 3.8) is 0 Å². The summed E-state index contributed by atoms with van der Waals surface area (Å²) in [6, 6.07) is 13.3. The molecular weight excluding hydrogens is 468 g/mol. The SMILES string of the molecule is CCOC(=O)N1CCN(C(=O)c2ccc(OC)c(Oc3nc(Cc4ccc(C)cc4)ns3)c2)CC1. The van der Waals surface area contributed by atoms with E-state index in [-0.39, 0.29) is 12.0 Å². The van der Waals surface area contributed by atoms with Gasteiger partial charge in [-0.1, -0.05) is 29.8 Å². The fraction of sp³-hybridized carbons (Fsp3) is 0.360. The van der Waals surface area contributed by atoms with Gasteiger partial charge in [0.25, 0.3) is 11.1 Å². The molecule has 0 atom stereocenters. The summed E-state index contributed by atoms with van der Waals surface area (Å²) in [5.41, 5.74) is 2.79. The molecule has 184 valence electrons. The molecule has 0 spiro atoms. The lowest BCUT2D eigenvalue weighted by Gasteiger charge is -2.34. The van der Waals surface area contributed by atoms with Crippen molar-refractivity contribution < 1.29 is 23.8 Å². The van der Waals surface area contributed by atoms with Crippen molar-refractivity contribution in [3.05, 3.63) is 65.0 Å². The highest BCUT2D eigenvalue weighted by atomic mass is 32.1. The first-order valence-corrected chi connectivity index (χ1v) is 12.2. The van der Waals surface area contributed by atoms with E-state index in [0.29, 0.717) is 67.3 Å². The first-order valence-electron chi connectivity index (χ1n) is 11.4. The van der Waals surface area contributed by atoms with Gasteiger partial charge in [0.05, 0.1) is 13.7 Å². The van der Waals surface area contributed by atoms with Crippen LogP contribution in [0, 0.1) is 6.92 Å². The van der Waals surface area contributed by atoms with Gasteiger partial charge in [0, 0.05) is 49.7 Å². The molecule has 9 nitrogen and oxygen atoms in total. The molecule has 2 heterocycles. The number of amides is 2. The largest absolute Gasteiger partial charge is 0.493 e. The molecule has 1 aliphatic rings. The Kier molecular flexibility index (Phi) is 7.81. The monoisotopic (exact) mass is 496 g/mol. The van der Waals surface area contributed by atoms with Crippen LogP contribution < -0.4 is 9.47 Å². The van der Waals surface area contributed by atoms with Gasteiger partial charge in [-0.15, -0.1) is 0 Å². The molecule has 10 heteroatoms. The summed E-state index contributed by atoms with van der Waals surface area (Å²) in [6.45, 7) is 5.86. The smallest absolute Gasteiger partial charge is 0.409 e. The Morgan fingerprint density at radius 1 is 1.00 bits per heavy atom. The molecule has 2 amide bonds. The quantitative estimate of drug-likeness (QED) is 0.485. The molecule has 2 aromatic carbocycles. The van der Waals surface area contributed by atoms with E-state index in [1.807, 2.05) is 6.92 Å². The van der Waals surface area contributed by atoms with Gasteiger partial charge in [0.2, 0.25) is 0 Å². The second-order valence-corrected chi connectivity index (χ2v) is 8.80. The number of hydrogen-bond donors (Lipinski definition) is 0. The van der Waals surface area contributed by atoms with Crippen molar-refractivity contribution in [1.82, 2.24) is 19.2 Å². The summed E-state index contributed by atoms with van der Waals surface area (Å²) in [5.74, 6) is 1.41. The fourth-order valence-electron chi connectivity index (χ4n) is 3.71. The molecule has 4 rings (SSSR count). The second-order valence-electron chi connectivity index (χ2n) is 8.08. The number of methoxy groups -OCH3 is 1. The summed E-state index contributed by atoms with van der Waals surface area (Å²) in [6.07, 6.45) is 0.256. The van der Waals surface area contributed by atoms with Crippen LogP contribution in [0.5, 0.6) is 16.7 Å². The first kappa shape index (κ1) is 24.5. The van der Waals surface area contributed by atoms with Gasteiger partial charge in [-0.25, -0.2) is 4.79 Å². The van der Waals surface area contributed by atoms with Gasteiger partial charge in [-0.3, -0.25) is 4.79 Å². The molecule has 0 radical (unpaired) electrons. The average Bonchev–Trinajstić information content (AvgIpc) is 3.31. The first-order chi connectivity index (χ1) is 17.0. The number of aryl methyl sites for hydroxylation is 1. The minimum Gasteiger partial charge on any atom is -0.493 e. The molecule has 3 aromatic rings. The van der Waals surface area contributed by atoms with Gasteiger partial charge in [0.15, 0.2) is 17.3 Å². The minimum absolute atomic E-state index is 0.140. The zero-order chi connectivity index (χ0) is 24.8. The zero-order valence-corrected chi connectivity index (χ0v) is 20.8. The molecule has 0 bridgehead atoms. The van der Waals surface area contributed by atoms with E-state index in [0.717, 1.165) is 17.1 Å². The Hall–Kier alpha value is -3.66. The van der Waals surface area contributed by atoms with Gasteiger partial charge < -0.3 is 24.0 Å². The van der Waals surface area contributed by atoms with Gasteiger partial charge in [-0.05, 0) is 37.6 Å². The summed E-state index contributed by atoms with van der Waals surface area (Å²) < 4.78 is 20.8. The van der Waals surface area contributed by atoms with E-state index < -0.39 is 0 Å². The van der Waals surface area contributed by atoms with Crippen LogP contribution in [0.2, 0.25) is 0 Å². The molecule has 1 aliphatic heterocycles. The maximum absolute atomic E-state index is 13.1. The third-order valence-electron chi connectivity index (χ3n) is 5.63. The summed E-state index contributed by atoms with van der Waals surface area (Å²) in [4.78, 5) is 32.8. The molecule has 35 heavy (non-hydrogen) atoms. The Balaban J connectivity index is 1.43. The average molecular weight is 497 g/mol. The van der Waals surface area contributed by atoms with Crippen LogP contribution in [0.1, 0.15) is 34.2 Å². The molecule has 1 saturated heterocycles. The molecule has 1 aromatic heterocycles. The Labute approximate surface area is 208 Å². The highest BCUT2D eigenvalue weighted by molar-refractivity contribution is 7.07. The number of nitrogens with zero attached hydrogens (tertiary/aromatic N) is 4. The van der Waals surface area contributed by atoms with Crippen LogP contribution in [0.15, 0.2) is 42.5 Å². The molecule has 0 N–H and O–H groups in total. The zero-order valence-electron chi connectivity index (χ0n) is 20.0. The van der Waals surface area contributed by atoms with Crippen LogP contribution in [-0.2, 0) is 11.2 Å². The lowest BCUT2D eigenvalue weighted by atomic mass is 10.1. The standard InChI is InChI=1S/C25H28N4O5S/c1-4-33-25(31)29-13-11-28(12-14-29)23(30)19-9-10-20(32-3)21(16-19)34-24-26-22(27-35-24)15-18-7-5-17(2)6-8-18/h5-10,16H,4,11-15H2,1-3H3. The maximum Gasteiger partial charge on any atom is 0.409 e. The molecule has 0 unspecified atom stereocenters. The van der Waals surface area contributed by atoms with Crippen molar-refractivity contribution in [1.29, 1.82) is 0 Å². The number of rotatable bonds is 7. The third-order valence-corrected chi connectivity index (χ3v) is 6.27. The molecule has 0 aliphatic carbocycles. The Morgan fingerprint density at radius 2 is 1.71 bits per heavy atom. The number of piperazine rings is 1. The van der Waals surface area contributed by atoms with Gasteiger partial charge >= 0.3 is 6.09 Å². The number of carbonyl (C=O) groups excluding carboxylic acids is 2. The van der Waals surface area contributed by atoms with E-state index in [4.69, 9.17) is 14.2 Å². The van der Waals surface area contributed by atoms with E-state index in [9.17, 15) is 9.59 Å². The lowest BCUT2D eigenvalue weighted by molar-refractivity contribution is 0.0570. The van der Waals surface area contributed by atoms with Crippen LogP contribution in [-0.4, -0.2) is 71.1 Å². The predicted octanol–water partition coefficient (Wildman–Crippen LogP) is 4.15. The van der Waals surface area contributed by atoms with Crippen molar-refractivity contribution in [2.45, 2.75) is 20.3 Å². The number of benzene rings is 2. The highest BCUT2D eigenvalue weighted by Gasteiger charge is 2.26. The van der Waals surface area contributed by atoms with Crippen LogP contribution in [0.3, 0.4) is 0 Å². The molecule has 0 saturated carbocycles. The fourth-order valence-corrected chi connectivity index (χ4v) is 4.27. The van der Waals surface area contributed by atoms with E-state index in [2.05, 4.69) is 33.6 Å². The van der Waals surface area contributed by atoms with Gasteiger partial charge in [-0.2, -0.15) is 9.36 Å². The molecule has 1 fully saturated rings. The third kappa shape index (κ3) is 6.07. The summed E-state index contributed by atoms with van der Waals surface area (Å²) >= 11 is 1.15. The Bertz CT molecular complexity index is 1170. The predicted molar refractivity (Wildman–Crippen MR) is 131 cm³/mol. The van der Waals surface area contributed by atoms with E-state index in [1.54, 1.807) is 42.0 Å². The van der Waals surface area contributed by atoms with E-state index >= 15 is 0 Å². The van der Waals surface area contributed by atoms with Crippen LogP contribution in [0.4, 0.5) is 4.79 Å². The van der Waals surface area contributed by atoms with Crippen LogP contribution in [0.25, 0.3) is 0 Å². The van der Waals surface area contributed by atoms with E-state index in [1.165, 1.54) is 5.56 Å². The number of carbonyl (C=O) groups is 2. The Morgan fingerprint density at radius 3 is 2.40 bits per heavy atom. The van der Waals surface area contributed by atoms with Crippen molar-refractivity contribution in [3.8, 4) is 16.7 Å². The number of hydrogen-bond acceptors (Lipinski definition) is 8. The summed E-state index contributed by atoms with van der Waals surface area (Å²) in [7, 11) is 1.54. The van der Waals surface area contributed by atoms with Gasteiger partial charge in [0.1, 0.15) is 0 Å². The minimum atomic E-state index is -0.349. The van der Waals surface area contributed by atoms with Crippen LogP contribution >= 0.6 is 11.5 Å². The maximum atomic E-state index is 13.1. The second kappa shape index (κ2) is 11.2. The number of ether oxygens (including phenoxy) is 3. The topological polar surface area (TPSA) is 94.1 Å². The highest BCUT2D eigenvalue weighted by Crippen LogP contribution is 2.33. The van der Waals surface area contributed by atoms with Crippen molar-refractivity contribution in [2.75, 3.05) is 39.9 Å². The van der Waals surface area contributed by atoms with Crippen molar-refractivity contribution in [2.24, 2.45) is 0 Å². The summed E-state index contributed by atoms with van der Waals surface area (Å²) in [5, 5.41) is 0.373.